The van der Waals surface area contributed by atoms with Crippen LogP contribution in [0.2, 0.25) is 0 Å². The van der Waals surface area contributed by atoms with Gasteiger partial charge in [0.1, 0.15) is 0 Å². The van der Waals surface area contributed by atoms with Gasteiger partial charge >= 0.3 is 0 Å². The van der Waals surface area contributed by atoms with Gasteiger partial charge in [0, 0.05) is 23.1 Å². The lowest BCUT2D eigenvalue weighted by Crippen LogP contribution is -2.51. The first-order chi connectivity index (χ1) is 10.3. The third-order valence-corrected chi connectivity index (χ3v) is 5.30. The summed E-state index contributed by atoms with van der Waals surface area (Å²) in [5.41, 5.74) is 1.40. The highest BCUT2D eigenvalue weighted by Gasteiger charge is 2.34. The highest BCUT2D eigenvalue weighted by molar-refractivity contribution is 9.10. The average Bonchev–Trinajstić information content (AvgIpc) is 2.99. The molecule has 3 atom stereocenters. The maximum Gasteiger partial charge on any atom is 0.0623 e. The van der Waals surface area contributed by atoms with Gasteiger partial charge in [-0.25, -0.2) is 0 Å². The Morgan fingerprint density at radius 3 is 2.77 bits per heavy atom. The van der Waals surface area contributed by atoms with Crippen molar-refractivity contribution in [2.45, 2.75) is 37.8 Å². The maximum absolute atomic E-state index is 5.63. The largest absolute Gasteiger partial charge is 0.379 e. The molecule has 2 fully saturated rings. The zero-order chi connectivity index (χ0) is 14.5. The van der Waals surface area contributed by atoms with Crippen molar-refractivity contribution >= 4 is 28.3 Å². The predicted molar refractivity (Wildman–Crippen MR) is 96.8 cm³/mol. The van der Waals surface area contributed by atoms with Crippen LogP contribution in [-0.4, -0.2) is 38.4 Å². The first-order valence-electron chi connectivity index (χ1n) is 8.12. The molecule has 0 radical (unpaired) electrons. The number of ether oxygens (including phenoxy) is 1. The number of nitrogens with one attached hydrogen (secondary N) is 2. The molecule has 3 unspecified atom stereocenters. The average molecular weight is 390 g/mol. The van der Waals surface area contributed by atoms with Crippen molar-refractivity contribution in [1.82, 2.24) is 10.6 Å². The first-order valence-corrected chi connectivity index (χ1v) is 8.91. The van der Waals surface area contributed by atoms with E-state index in [1.54, 1.807) is 0 Å². The molecule has 1 aliphatic carbocycles. The van der Waals surface area contributed by atoms with Crippen LogP contribution in [0.25, 0.3) is 0 Å². The van der Waals surface area contributed by atoms with Crippen LogP contribution in [0.15, 0.2) is 28.7 Å². The maximum atomic E-state index is 5.63. The summed E-state index contributed by atoms with van der Waals surface area (Å²) in [5, 5.41) is 7.42. The molecule has 2 aliphatic rings. The SMILES string of the molecule is Brc1ccc(CCNC2CCCC2C2COCCN2)cc1.Cl. The fourth-order valence-corrected chi connectivity index (χ4v) is 3.90. The molecule has 2 N–H and O–H groups in total. The Balaban J connectivity index is 0.00000176. The molecule has 0 spiro atoms. The first kappa shape index (κ1) is 18.2. The molecular weight excluding hydrogens is 364 g/mol. The topological polar surface area (TPSA) is 33.3 Å². The molecule has 0 aromatic heterocycles. The van der Waals surface area contributed by atoms with Gasteiger partial charge in [0.25, 0.3) is 0 Å². The number of hydrogen-bond acceptors (Lipinski definition) is 3. The van der Waals surface area contributed by atoms with Crippen molar-refractivity contribution in [2.24, 2.45) is 5.92 Å². The Bertz CT molecular complexity index is 437. The van der Waals surface area contributed by atoms with E-state index in [1.165, 1.54) is 24.8 Å². The van der Waals surface area contributed by atoms with E-state index in [1.807, 2.05) is 0 Å². The highest BCUT2D eigenvalue weighted by Crippen LogP contribution is 2.29. The number of halogens is 2. The van der Waals surface area contributed by atoms with Gasteiger partial charge in [-0.3, -0.25) is 0 Å². The fourth-order valence-electron chi connectivity index (χ4n) is 3.64. The molecule has 3 nitrogen and oxygen atoms in total. The smallest absolute Gasteiger partial charge is 0.0623 e. The van der Waals surface area contributed by atoms with E-state index in [-0.39, 0.29) is 12.4 Å². The molecule has 1 aromatic carbocycles. The normalized spacial score (nSPS) is 28.3. The van der Waals surface area contributed by atoms with Crippen LogP contribution in [0, 0.1) is 5.92 Å². The summed E-state index contributed by atoms with van der Waals surface area (Å²) >= 11 is 3.49. The van der Waals surface area contributed by atoms with E-state index in [9.17, 15) is 0 Å². The van der Waals surface area contributed by atoms with Gasteiger partial charge in [0.15, 0.2) is 0 Å². The van der Waals surface area contributed by atoms with E-state index < -0.39 is 0 Å². The number of rotatable bonds is 5. The Morgan fingerprint density at radius 2 is 2.05 bits per heavy atom. The molecule has 3 rings (SSSR count). The van der Waals surface area contributed by atoms with Crippen LogP contribution in [0.4, 0.5) is 0 Å². The van der Waals surface area contributed by atoms with Gasteiger partial charge < -0.3 is 15.4 Å². The van der Waals surface area contributed by atoms with Crippen LogP contribution >= 0.6 is 28.3 Å². The lowest BCUT2D eigenvalue weighted by Gasteiger charge is -2.33. The molecule has 22 heavy (non-hydrogen) atoms. The molecule has 124 valence electrons. The highest BCUT2D eigenvalue weighted by atomic mass is 79.9. The Hall–Kier alpha value is -0.130. The Morgan fingerprint density at radius 1 is 1.23 bits per heavy atom. The van der Waals surface area contributed by atoms with Crippen LogP contribution < -0.4 is 10.6 Å². The van der Waals surface area contributed by atoms with E-state index in [0.29, 0.717) is 12.1 Å². The summed E-state index contributed by atoms with van der Waals surface area (Å²) < 4.78 is 6.78. The van der Waals surface area contributed by atoms with E-state index in [0.717, 1.165) is 43.1 Å². The summed E-state index contributed by atoms with van der Waals surface area (Å²) in [7, 11) is 0. The molecular formula is C17H26BrClN2O. The minimum Gasteiger partial charge on any atom is -0.379 e. The van der Waals surface area contributed by atoms with Crippen LogP contribution in [0.3, 0.4) is 0 Å². The quantitative estimate of drug-likeness (QED) is 0.811. The molecule has 1 saturated carbocycles. The second kappa shape index (κ2) is 9.24. The Labute approximate surface area is 148 Å². The van der Waals surface area contributed by atoms with Gasteiger partial charge in [-0.15, -0.1) is 12.4 Å². The summed E-state index contributed by atoms with van der Waals surface area (Å²) in [5.74, 6) is 0.732. The van der Waals surface area contributed by atoms with Crippen molar-refractivity contribution < 1.29 is 4.74 Å². The predicted octanol–water partition coefficient (Wildman–Crippen LogP) is 3.16. The van der Waals surface area contributed by atoms with Gasteiger partial charge in [-0.05, 0) is 49.4 Å². The third kappa shape index (κ3) is 4.93. The second-order valence-electron chi connectivity index (χ2n) is 6.17. The van der Waals surface area contributed by atoms with E-state index in [2.05, 4.69) is 50.8 Å². The number of benzene rings is 1. The zero-order valence-corrected chi connectivity index (χ0v) is 15.3. The number of morpholine rings is 1. The summed E-state index contributed by atoms with van der Waals surface area (Å²) in [6.45, 7) is 3.82. The molecule has 1 aromatic rings. The van der Waals surface area contributed by atoms with Gasteiger partial charge in [0.2, 0.25) is 0 Å². The molecule has 1 saturated heterocycles. The van der Waals surface area contributed by atoms with Crippen LogP contribution in [0.5, 0.6) is 0 Å². The minimum atomic E-state index is 0. The van der Waals surface area contributed by atoms with Crippen molar-refractivity contribution in [3.63, 3.8) is 0 Å². The Kier molecular flexibility index (Phi) is 7.65. The standard InChI is InChI=1S/C17H25BrN2O.ClH/c18-14-6-4-13(5-7-14)8-9-19-16-3-1-2-15(16)17-12-21-11-10-20-17;/h4-7,15-17,19-20H,1-3,8-12H2;1H. The third-order valence-electron chi connectivity index (χ3n) is 4.77. The van der Waals surface area contributed by atoms with Gasteiger partial charge in [-0.2, -0.15) is 0 Å². The molecule has 0 bridgehead atoms. The van der Waals surface area contributed by atoms with Crippen molar-refractivity contribution in [2.75, 3.05) is 26.3 Å². The monoisotopic (exact) mass is 388 g/mol. The van der Waals surface area contributed by atoms with E-state index in [4.69, 9.17) is 4.74 Å². The van der Waals surface area contributed by atoms with Gasteiger partial charge in [0.05, 0.1) is 13.2 Å². The van der Waals surface area contributed by atoms with Crippen molar-refractivity contribution in [3.05, 3.63) is 34.3 Å². The summed E-state index contributed by atoms with van der Waals surface area (Å²) in [6, 6.07) is 9.85. The van der Waals surface area contributed by atoms with Crippen molar-refractivity contribution in [3.8, 4) is 0 Å². The lowest BCUT2D eigenvalue weighted by molar-refractivity contribution is 0.0526. The molecule has 0 amide bonds. The van der Waals surface area contributed by atoms with Crippen LogP contribution in [-0.2, 0) is 11.2 Å². The zero-order valence-electron chi connectivity index (χ0n) is 12.9. The van der Waals surface area contributed by atoms with Gasteiger partial charge in [-0.1, -0.05) is 34.5 Å². The lowest BCUT2D eigenvalue weighted by atomic mass is 9.94. The molecule has 1 aliphatic heterocycles. The fraction of sp³-hybridized carbons (Fsp3) is 0.647. The van der Waals surface area contributed by atoms with E-state index >= 15 is 0 Å². The van der Waals surface area contributed by atoms with Crippen molar-refractivity contribution in [1.29, 1.82) is 0 Å². The minimum absolute atomic E-state index is 0. The molecule has 5 heteroatoms. The van der Waals surface area contributed by atoms with Crippen LogP contribution in [0.1, 0.15) is 24.8 Å². The molecule has 1 heterocycles. The second-order valence-corrected chi connectivity index (χ2v) is 7.08. The summed E-state index contributed by atoms with van der Waals surface area (Å²) in [6.07, 6.45) is 5.09. The summed E-state index contributed by atoms with van der Waals surface area (Å²) in [4.78, 5) is 0. The number of hydrogen-bond donors (Lipinski definition) is 2.